The Balaban J connectivity index is 2.67. The predicted molar refractivity (Wildman–Crippen MR) is 70.6 cm³/mol. The van der Waals surface area contributed by atoms with Crippen molar-refractivity contribution >= 4 is 38.9 Å². The Morgan fingerprint density at radius 1 is 1.56 bits per heavy atom. The van der Waals surface area contributed by atoms with Crippen LogP contribution in [0.4, 0.5) is 5.69 Å². The van der Waals surface area contributed by atoms with Gasteiger partial charge in [-0.2, -0.15) is 0 Å². The molecule has 1 aromatic heterocycles. The third kappa shape index (κ3) is 3.64. The summed E-state index contributed by atoms with van der Waals surface area (Å²) in [7, 11) is 0. The largest absolute Gasteiger partial charge is 0.463 e. The van der Waals surface area contributed by atoms with Crippen LogP contribution in [0.2, 0.25) is 0 Å². The Labute approximate surface area is 108 Å². The maximum Gasteiger partial charge on any atom is 0.335 e. The van der Waals surface area contributed by atoms with E-state index in [2.05, 4.69) is 21.2 Å². The number of carbonyl (C=O) groups is 1. The highest BCUT2D eigenvalue weighted by Crippen LogP contribution is 2.26. The fourth-order valence-corrected chi connectivity index (χ4v) is 2.43. The van der Waals surface area contributed by atoms with E-state index in [0.29, 0.717) is 18.6 Å². The standard InChI is InChI=1S/C11H14BrNO2S/c1-3-8(11(14)15-4-2)5-13-10-7-16-6-9(10)12/h5-7,13H,3-4H2,1-2H3/b8-5+. The highest BCUT2D eigenvalue weighted by atomic mass is 79.9. The van der Waals surface area contributed by atoms with Crippen LogP contribution in [0.1, 0.15) is 20.3 Å². The summed E-state index contributed by atoms with van der Waals surface area (Å²) in [6.07, 6.45) is 2.35. The molecule has 0 aliphatic heterocycles. The minimum absolute atomic E-state index is 0.260. The van der Waals surface area contributed by atoms with E-state index in [-0.39, 0.29) is 5.97 Å². The van der Waals surface area contributed by atoms with Gasteiger partial charge in [0.2, 0.25) is 0 Å². The number of hydrogen-bond acceptors (Lipinski definition) is 4. The zero-order valence-corrected chi connectivity index (χ0v) is 11.7. The van der Waals surface area contributed by atoms with Crippen molar-refractivity contribution in [1.82, 2.24) is 0 Å². The molecule has 0 aliphatic carbocycles. The molecule has 0 aliphatic rings. The Hall–Kier alpha value is -0.810. The summed E-state index contributed by atoms with van der Waals surface area (Å²) in [6.45, 7) is 4.12. The average molecular weight is 304 g/mol. The molecule has 0 bridgehead atoms. The number of ether oxygens (including phenoxy) is 1. The predicted octanol–water partition coefficient (Wildman–Crippen LogP) is 3.78. The number of esters is 1. The van der Waals surface area contributed by atoms with Gasteiger partial charge in [-0.15, -0.1) is 11.3 Å². The van der Waals surface area contributed by atoms with Crippen LogP contribution >= 0.6 is 27.3 Å². The van der Waals surface area contributed by atoms with Crippen molar-refractivity contribution in [2.24, 2.45) is 0 Å². The Morgan fingerprint density at radius 3 is 2.81 bits per heavy atom. The summed E-state index contributed by atoms with van der Waals surface area (Å²) in [5, 5.41) is 7.03. The van der Waals surface area contributed by atoms with Crippen LogP contribution in [-0.2, 0) is 9.53 Å². The van der Waals surface area contributed by atoms with Gasteiger partial charge in [0, 0.05) is 17.0 Å². The molecular formula is C11H14BrNO2S. The summed E-state index contributed by atoms with van der Waals surface area (Å²) in [6, 6.07) is 0. The van der Waals surface area contributed by atoms with E-state index in [1.165, 1.54) is 0 Å². The lowest BCUT2D eigenvalue weighted by atomic mass is 10.2. The molecule has 3 nitrogen and oxygen atoms in total. The van der Waals surface area contributed by atoms with Crippen molar-refractivity contribution in [2.75, 3.05) is 11.9 Å². The molecular weight excluding hydrogens is 290 g/mol. The van der Waals surface area contributed by atoms with Gasteiger partial charge in [-0.25, -0.2) is 4.79 Å². The molecule has 0 aromatic carbocycles. The first-order valence-corrected chi connectivity index (χ1v) is 6.77. The summed E-state index contributed by atoms with van der Waals surface area (Å²) in [5.41, 5.74) is 1.60. The van der Waals surface area contributed by atoms with E-state index in [4.69, 9.17) is 4.74 Å². The highest BCUT2D eigenvalue weighted by Gasteiger charge is 2.08. The number of carbonyl (C=O) groups excluding carboxylic acids is 1. The lowest BCUT2D eigenvalue weighted by Crippen LogP contribution is -2.08. The molecule has 1 aromatic rings. The molecule has 1 rings (SSSR count). The second-order valence-corrected chi connectivity index (χ2v) is 4.62. The van der Waals surface area contributed by atoms with Gasteiger partial charge in [-0.05, 0) is 29.3 Å². The highest BCUT2D eigenvalue weighted by molar-refractivity contribution is 9.10. The molecule has 0 unspecified atom stereocenters. The molecule has 16 heavy (non-hydrogen) atoms. The number of nitrogens with one attached hydrogen (secondary N) is 1. The van der Waals surface area contributed by atoms with Gasteiger partial charge < -0.3 is 10.1 Å². The van der Waals surface area contributed by atoms with E-state index in [1.54, 1.807) is 24.5 Å². The Kier molecular flexibility index (Phi) is 5.55. The Morgan fingerprint density at radius 2 is 2.31 bits per heavy atom. The summed E-state index contributed by atoms with van der Waals surface area (Å²) < 4.78 is 5.93. The van der Waals surface area contributed by atoms with Crippen molar-refractivity contribution in [3.05, 3.63) is 27.0 Å². The first kappa shape index (κ1) is 13.3. The number of halogens is 1. The van der Waals surface area contributed by atoms with Crippen LogP contribution in [-0.4, -0.2) is 12.6 Å². The van der Waals surface area contributed by atoms with E-state index in [9.17, 15) is 4.79 Å². The van der Waals surface area contributed by atoms with Crippen molar-refractivity contribution in [2.45, 2.75) is 20.3 Å². The quantitative estimate of drug-likeness (QED) is 0.664. The fourth-order valence-electron chi connectivity index (χ4n) is 1.08. The van der Waals surface area contributed by atoms with Crippen LogP contribution in [0, 0.1) is 0 Å². The molecule has 1 N–H and O–H groups in total. The van der Waals surface area contributed by atoms with E-state index in [0.717, 1.165) is 10.2 Å². The zero-order chi connectivity index (χ0) is 12.0. The first-order chi connectivity index (χ1) is 7.69. The van der Waals surface area contributed by atoms with Crippen LogP contribution in [0.15, 0.2) is 27.0 Å². The van der Waals surface area contributed by atoms with Gasteiger partial charge in [-0.1, -0.05) is 6.92 Å². The monoisotopic (exact) mass is 303 g/mol. The summed E-state index contributed by atoms with van der Waals surface area (Å²) in [5.74, 6) is -0.260. The molecule has 0 radical (unpaired) electrons. The van der Waals surface area contributed by atoms with Gasteiger partial charge in [0.1, 0.15) is 0 Å². The van der Waals surface area contributed by atoms with Crippen LogP contribution < -0.4 is 5.32 Å². The number of thiophene rings is 1. The topological polar surface area (TPSA) is 38.3 Å². The van der Waals surface area contributed by atoms with Crippen LogP contribution in [0.25, 0.3) is 0 Å². The van der Waals surface area contributed by atoms with Gasteiger partial charge in [0.05, 0.1) is 22.3 Å². The molecule has 0 fully saturated rings. The summed E-state index contributed by atoms with van der Waals surface area (Å²) >= 11 is 5.00. The number of hydrogen-bond donors (Lipinski definition) is 1. The lowest BCUT2D eigenvalue weighted by molar-refractivity contribution is -0.138. The maximum atomic E-state index is 11.5. The maximum absolute atomic E-state index is 11.5. The van der Waals surface area contributed by atoms with Crippen molar-refractivity contribution in [3.8, 4) is 0 Å². The van der Waals surface area contributed by atoms with Gasteiger partial charge in [-0.3, -0.25) is 0 Å². The molecule has 0 spiro atoms. The smallest absolute Gasteiger partial charge is 0.335 e. The van der Waals surface area contributed by atoms with Gasteiger partial charge in [0.25, 0.3) is 0 Å². The summed E-state index contributed by atoms with van der Waals surface area (Å²) in [4.78, 5) is 11.5. The third-order valence-corrected chi connectivity index (χ3v) is 3.64. The molecule has 5 heteroatoms. The van der Waals surface area contributed by atoms with Gasteiger partial charge in [0.15, 0.2) is 0 Å². The first-order valence-electron chi connectivity index (χ1n) is 5.03. The third-order valence-electron chi connectivity index (χ3n) is 1.94. The van der Waals surface area contributed by atoms with Crippen molar-refractivity contribution in [1.29, 1.82) is 0 Å². The molecule has 88 valence electrons. The minimum atomic E-state index is -0.260. The lowest BCUT2D eigenvalue weighted by Gasteiger charge is -2.05. The van der Waals surface area contributed by atoms with E-state index in [1.807, 2.05) is 17.7 Å². The van der Waals surface area contributed by atoms with E-state index < -0.39 is 0 Å². The number of rotatable bonds is 5. The normalized spacial score (nSPS) is 11.3. The molecule has 1 heterocycles. The van der Waals surface area contributed by atoms with Crippen LogP contribution in [0.3, 0.4) is 0 Å². The molecule has 0 saturated carbocycles. The second-order valence-electron chi connectivity index (χ2n) is 3.02. The molecule has 0 atom stereocenters. The van der Waals surface area contributed by atoms with Crippen molar-refractivity contribution in [3.63, 3.8) is 0 Å². The van der Waals surface area contributed by atoms with Crippen molar-refractivity contribution < 1.29 is 9.53 Å². The Bertz CT molecular complexity index is 387. The van der Waals surface area contributed by atoms with Crippen LogP contribution in [0.5, 0.6) is 0 Å². The average Bonchev–Trinajstić information content (AvgIpc) is 2.66. The number of anilines is 1. The molecule has 0 saturated heterocycles. The minimum Gasteiger partial charge on any atom is -0.463 e. The van der Waals surface area contributed by atoms with Gasteiger partial charge >= 0.3 is 5.97 Å². The van der Waals surface area contributed by atoms with E-state index >= 15 is 0 Å². The fraction of sp³-hybridized carbons (Fsp3) is 0.364. The second kappa shape index (κ2) is 6.70. The SMILES string of the molecule is CCOC(=O)/C(=C/Nc1cscc1Br)CC. The zero-order valence-electron chi connectivity index (χ0n) is 9.25. The molecule has 0 amide bonds.